The lowest BCUT2D eigenvalue weighted by molar-refractivity contribution is 0.100. The minimum atomic E-state index is -0.0481. The number of methoxy groups -OCH3 is 1. The Bertz CT molecular complexity index is 736. The normalized spacial score (nSPS) is 10.1. The second-order valence-corrected chi connectivity index (χ2v) is 5.17. The molecule has 0 aliphatic heterocycles. The molecule has 0 aromatic heterocycles. The van der Waals surface area contributed by atoms with E-state index >= 15 is 0 Å². The highest BCUT2D eigenvalue weighted by Gasteiger charge is 2.10. The predicted octanol–water partition coefficient (Wildman–Crippen LogP) is 3.56. The molecule has 0 bridgehead atoms. The van der Waals surface area contributed by atoms with Crippen molar-refractivity contribution in [3.8, 4) is 17.2 Å². The molecule has 0 spiro atoms. The third-order valence-electron chi connectivity index (χ3n) is 3.43. The first-order chi connectivity index (χ1) is 11.5. The van der Waals surface area contributed by atoms with Gasteiger partial charge >= 0.3 is 0 Å². The summed E-state index contributed by atoms with van der Waals surface area (Å²) in [5, 5.41) is 0. The van der Waals surface area contributed by atoms with Crippen molar-refractivity contribution in [1.29, 1.82) is 0 Å². The van der Waals surface area contributed by atoms with Crippen molar-refractivity contribution in [3.05, 3.63) is 53.6 Å². The molecule has 0 N–H and O–H groups in total. The van der Waals surface area contributed by atoms with E-state index in [-0.39, 0.29) is 24.8 Å². The van der Waals surface area contributed by atoms with E-state index in [9.17, 15) is 9.59 Å². The van der Waals surface area contributed by atoms with Crippen LogP contribution in [0.3, 0.4) is 0 Å². The van der Waals surface area contributed by atoms with Crippen molar-refractivity contribution >= 4 is 11.6 Å². The van der Waals surface area contributed by atoms with Gasteiger partial charge in [-0.25, -0.2) is 0 Å². The standard InChI is InChI=1S/C19H20O5/c1-13(20)15-8-9-18(19(12-15)22-3)24-11-10-23-17-7-5-4-6-16(17)14(2)21/h4-9,12H,10-11H2,1-3H3. The lowest BCUT2D eigenvalue weighted by Crippen LogP contribution is -2.11. The van der Waals surface area contributed by atoms with Gasteiger partial charge in [0, 0.05) is 5.56 Å². The number of carbonyl (C=O) groups excluding carboxylic acids is 2. The Labute approximate surface area is 141 Å². The average Bonchev–Trinajstić information content (AvgIpc) is 2.58. The predicted molar refractivity (Wildman–Crippen MR) is 90.4 cm³/mol. The summed E-state index contributed by atoms with van der Waals surface area (Å²) in [5.74, 6) is 1.47. The van der Waals surface area contributed by atoms with E-state index < -0.39 is 0 Å². The zero-order valence-corrected chi connectivity index (χ0v) is 14.0. The van der Waals surface area contributed by atoms with Gasteiger partial charge in [-0.05, 0) is 44.2 Å². The summed E-state index contributed by atoms with van der Waals surface area (Å²) in [6.07, 6.45) is 0. The quantitative estimate of drug-likeness (QED) is 0.548. The molecule has 0 fully saturated rings. The summed E-state index contributed by atoms with van der Waals surface area (Å²) in [4.78, 5) is 22.9. The zero-order chi connectivity index (χ0) is 17.5. The topological polar surface area (TPSA) is 61.8 Å². The molecule has 0 atom stereocenters. The summed E-state index contributed by atoms with van der Waals surface area (Å²) in [6, 6.07) is 12.1. The van der Waals surface area contributed by atoms with Crippen LogP contribution in [0.2, 0.25) is 0 Å². The van der Waals surface area contributed by atoms with Crippen LogP contribution in [0.25, 0.3) is 0 Å². The maximum Gasteiger partial charge on any atom is 0.163 e. The zero-order valence-electron chi connectivity index (χ0n) is 14.0. The molecule has 0 aliphatic carbocycles. The van der Waals surface area contributed by atoms with Gasteiger partial charge < -0.3 is 14.2 Å². The molecule has 0 amide bonds. The third kappa shape index (κ3) is 4.35. The SMILES string of the molecule is COc1cc(C(C)=O)ccc1OCCOc1ccccc1C(C)=O. The van der Waals surface area contributed by atoms with Gasteiger partial charge in [0.1, 0.15) is 19.0 Å². The number of hydrogen-bond acceptors (Lipinski definition) is 5. The second-order valence-electron chi connectivity index (χ2n) is 5.17. The maximum atomic E-state index is 11.5. The second kappa shape index (κ2) is 8.15. The molecule has 24 heavy (non-hydrogen) atoms. The Kier molecular flexibility index (Phi) is 5.95. The van der Waals surface area contributed by atoms with Crippen LogP contribution in [0.5, 0.6) is 17.2 Å². The van der Waals surface area contributed by atoms with Crippen LogP contribution in [0.1, 0.15) is 34.6 Å². The van der Waals surface area contributed by atoms with Gasteiger partial charge in [0.05, 0.1) is 12.7 Å². The maximum absolute atomic E-state index is 11.5. The number of ether oxygens (including phenoxy) is 3. The van der Waals surface area contributed by atoms with Gasteiger partial charge in [-0.15, -0.1) is 0 Å². The number of rotatable bonds is 8. The summed E-state index contributed by atoms with van der Waals surface area (Å²) >= 11 is 0. The van der Waals surface area contributed by atoms with Crippen LogP contribution in [-0.2, 0) is 0 Å². The Morgan fingerprint density at radius 2 is 1.50 bits per heavy atom. The molecule has 126 valence electrons. The number of carbonyl (C=O) groups is 2. The molecule has 0 aliphatic rings. The number of Topliss-reactive ketones (excluding diaryl/α,β-unsaturated/α-hetero) is 2. The van der Waals surface area contributed by atoms with Crippen molar-refractivity contribution in [2.24, 2.45) is 0 Å². The molecule has 2 rings (SSSR count). The molecular weight excluding hydrogens is 308 g/mol. The first-order valence-corrected chi connectivity index (χ1v) is 7.57. The minimum absolute atomic E-state index is 0.0379. The smallest absolute Gasteiger partial charge is 0.163 e. The monoisotopic (exact) mass is 328 g/mol. The van der Waals surface area contributed by atoms with Crippen LogP contribution in [0.4, 0.5) is 0 Å². The van der Waals surface area contributed by atoms with Crippen LogP contribution in [0, 0.1) is 0 Å². The molecule has 0 saturated heterocycles. The molecule has 0 saturated carbocycles. The van der Waals surface area contributed by atoms with E-state index in [0.29, 0.717) is 28.4 Å². The van der Waals surface area contributed by atoms with Gasteiger partial charge in [0.2, 0.25) is 0 Å². The molecule has 0 radical (unpaired) electrons. The molecule has 2 aromatic rings. The molecule has 2 aromatic carbocycles. The first kappa shape index (κ1) is 17.5. The minimum Gasteiger partial charge on any atom is -0.493 e. The summed E-state index contributed by atoms with van der Waals surface area (Å²) in [7, 11) is 1.52. The van der Waals surface area contributed by atoms with Crippen LogP contribution >= 0.6 is 0 Å². The first-order valence-electron chi connectivity index (χ1n) is 7.57. The lowest BCUT2D eigenvalue weighted by atomic mass is 10.1. The Morgan fingerprint density at radius 3 is 2.12 bits per heavy atom. The highest BCUT2D eigenvalue weighted by Crippen LogP contribution is 2.28. The van der Waals surface area contributed by atoms with E-state index in [1.165, 1.54) is 21.0 Å². The van der Waals surface area contributed by atoms with E-state index in [1.54, 1.807) is 36.4 Å². The summed E-state index contributed by atoms with van der Waals surface area (Å²) in [5.41, 5.74) is 1.10. The van der Waals surface area contributed by atoms with Crippen molar-refractivity contribution in [2.75, 3.05) is 20.3 Å². The molecule has 5 heteroatoms. The molecule has 5 nitrogen and oxygen atoms in total. The van der Waals surface area contributed by atoms with Crippen LogP contribution in [-0.4, -0.2) is 31.9 Å². The van der Waals surface area contributed by atoms with Gasteiger partial charge in [0.15, 0.2) is 23.1 Å². The third-order valence-corrected chi connectivity index (χ3v) is 3.43. The van der Waals surface area contributed by atoms with E-state index in [4.69, 9.17) is 14.2 Å². The van der Waals surface area contributed by atoms with Gasteiger partial charge in [0.25, 0.3) is 0 Å². The van der Waals surface area contributed by atoms with Crippen LogP contribution in [0.15, 0.2) is 42.5 Å². The van der Waals surface area contributed by atoms with Crippen molar-refractivity contribution in [2.45, 2.75) is 13.8 Å². The fraction of sp³-hybridized carbons (Fsp3) is 0.263. The Morgan fingerprint density at radius 1 is 0.833 bits per heavy atom. The van der Waals surface area contributed by atoms with Gasteiger partial charge in [-0.1, -0.05) is 12.1 Å². The van der Waals surface area contributed by atoms with Crippen molar-refractivity contribution in [3.63, 3.8) is 0 Å². The largest absolute Gasteiger partial charge is 0.493 e. The summed E-state index contributed by atoms with van der Waals surface area (Å²) in [6.45, 7) is 3.56. The van der Waals surface area contributed by atoms with E-state index in [2.05, 4.69) is 0 Å². The van der Waals surface area contributed by atoms with Crippen molar-refractivity contribution in [1.82, 2.24) is 0 Å². The van der Waals surface area contributed by atoms with Crippen LogP contribution < -0.4 is 14.2 Å². The molecule has 0 heterocycles. The highest BCUT2D eigenvalue weighted by atomic mass is 16.5. The van der Waals surface area contributed by atoms with E-state index in [0.717, 1.165) is 0 Å². The van der Waals surface area contributed by atoms with E-state index in [1.807, 2.05) is 6.07 Å². The van der Waals surface area contributed by atoms with Crippen molar-refractivity contribution < 1.29 is 23.8 Å². The lowest BCUT2D eigenvalue weighted by Gasteiger charge is -2.13. The number of ketones is 2. The van der Waals surface area contributed by atoms with Gasteiger partial charge in [-0.3, -0.25) is 9.59 Å². The number of hydrogen-bond donors (Lipinski definition) is 0. The Balaban J connectivity index is 1.95. The fourth-order valence-corrected chi connectivity index (χ4v) is 2.19. The fourth-order valence-electron chi connectivity index (χ4n) is 2.19. The summed E-state index contributed by atoms with van der Waals surface area (Å²) < 4.78 is 16.5. The Hall–Kier alpha value is -2.82. The molecular formula is C19H20O5. The van der Waals surface area contributed by atoms with Gasteiger partial charge in [-0.2, -0.15) is 0 Å². The average molecular weight is 328 g/mol. The highest BCUT2D eigenvalue weighted by molar-refractivity contribution is 5.96. The molecule has 0 unspecified atom stereocenters. The number of para-hydroxylation sites is 1. The number of benzene rings is 2.